The van der Waals surface area contributed by atoms with E-state index in [1.807, 2.05) is 25.7 Å². The minimum Gasteiger partial charge on any atom is -0.337 e. The zero-order valence-corrected chi connectivity index (χ0v) is 13.7. The Labute approximate surface area is 135 Å². The minimum atomic E-state index is -0.640. The van der Waals surface area contributed by atoms with Crippen molar-refractivity contribution < 1.29 is 9.72 Å². The van der Waals surface area contributed by atoms with Gasteiger partial charge in [0.15, 0.2) is 0 Å². The quantitative estimate of drug-likeness (QED) is 0.492. The number of nitro benzene ring substituents is 1. The molecule has 1 N–H and O–H groups in total. The Morgan fingerprint density at radius 2 is 2.00 bits per heavy atom. The van der Waals surface area contributed by atoms with Gasteiger partial charge in [0.2, 0.25) is 0 Å². The summed E-state index contributed by atoms with van der Waals surface area (Å²) in [7, 11) is 0. The second-order valence-corrected chi connectivity index (χ2v) is 4.67. The third-order valence-electron chi connectivity index (χ3n) is 3.11. The average Bonchev–Trinajstić information content (AvgIpc) is 2.39. The number of hydrogen-bond acceptors (Lipinski definition) is 4. The highest BCUT2D eigenvalue weighted by Crippen LogP contribution is 2.28. The number of para-hydroxylation sites is 1. The third kappa shape index (κ3) is 4.84. The molecule has 0 spiro atoms. The predicted molar refractivity (Wildman–Crippen MR) is 85.2 cm³/mol. The summed E-state index contributed by atoms with van der Waals surface area (Å²) < 4.78 is 0. The fraction of sp³-hybridized carbons (Fsp3) is 0.462. The summed E-state index contributed by atoms with van der Waals surface area (Å²) in [5.74, 6) is -0.501. The van der Waals surface area contributed by atoms with Crippen molar-refractivity contribution in [3.63, 3.8) is 0 Å². The maximum absolute atomic E-state index is 12.2. The Kier molecular flexibility index (Phi) is 8.24. The topological polar surface area (TPSA) is 75.5 Å². The number of nitrogens with one attached hydrogen (secondary N) is 1. The Bertz CT molecular complexity index is 507. The van der Waals surface area contributed by atoms with E-state index in [1.165, 1.54) is 18.2 Å². The first-order valence-electron chi connectivity index (χ1n) is 6.40. The number of carbonyl (C=O) groups is 1. The van der Waals surface area contributed by atoms with Crippen LogP contribution in [0.3, 0.4) is 0 Å². The molecule has 1 rings (SSSR count). The van der Waals surface area contributed by atoms with Crippen molar-refractivity contribution >= 4 is 35.6 Å². The van der Waals surface area contributed by atoms with Crippen molar-refractivity contribution in [1.82, 2.24) is 10.2 Å². The third-order valence-corrected chi connectivity index (χ3v) is 3.42. The monoisotopic (exact) mass is 335 g/mol. The highest BCUT2D eigenvalue weighted by Gasteiger charge is 2.25. The smallest absolute Gasteiger partial charge is 0.300 e. The highest BCUT2D eigenvalue weighted by atomic mass is 35.5. The number of nitro groups is 1. The van der Waals surface area contributed by atoms with E-state index >= 15 is 0 Å². The lowest BCUT2D eigenvalue weighted by molar-refractivity contribution is -0.385. The zero-order chi connectivity index (χ0) is 15.3. The second kappa shape index (κ2) is 8.81. The fourth-order valence-electron chi connectivity index (χ4n) is 2.01. The van der Waals surface area contributed by atoms with Crippen LogP contribution >= 0.6 is 24.0 Å². The van der Waals surface area contributed by atoms with E-state index in [0.717, 1.165) is 13.1 Å². The van der Waals surface area contributed by atoms with Gasteiger partial charge in [-0.2, -0.15) is 0 Å². The van der Waals surface area contributed by atoms with E-state index in [9.17, 15) is 14.9 Å². The van der Waals surface area contributed by atoms with Gasteiger partial charge in [-0.25, -0.2) is 0 Å². The van der Waals surface area contributed by atoms with Gasteiger partial charge in [-0.05, 0) is 32.1 Å². The van der Waals surface area contributed by atoms with Crippen LogP contribution in [0.1, 0.15) is 31.1 Å². The average molecular weight is 336 g/mol. The van der Waals surface area contributed by atoms with Gasteiger partial charge in [-0.1, -0.05) is 31.5 Å². The molecule has 118 valence electrons. The first-order valence-corrected chi connectivity index (χ1v) is 6.77. The summed E-state index contributed by atoms with van der Waals surface area (Å²) >= 11 is 5.79. The number of rotatable bonds is 6. The molecule has 1 amide bonds. The Balaban J connectivity index is 0.00000400. The van der Waals surface area contributed by atoms with Crippen LogP contribution in [0.15, 0.2) is 18.2 Å². The van der Waals surface area contributed by atoms with Crippen LogP contribution in [0.5, 0.6) is 0 Å². The number of nitrogens with zero attached hydrogens (tertiary/aromatic N) is 2. The van der Waals surface area contributed by atoms with E-state index in [0.29, 0.717) is 0 Å². The maximum atomic E-state index is 12.2. The van der Waals surface area contributed by atoms with Gasteiger partial charge in [0.1, 0.15) is 10.6 Å². The zero-order valence-electron chi connectivity index (χ0n) is 12.1. The van der Waals surface area contributed by atoms with Crippen molar-refractivity contribution in [2.24, 2.45) is 0 Å². The molecule has 0 aromatic heterocycles. The van der Waals surface area contributed by atoms with Crippen LogP contribution in [0.4, 0.5) is 5.69 Å². The Morgan fingerprint density at radius 3 is 2.48 bits per heavy atom. The van der Waals surface area contributed by atoms with Gasteiger partial charge < -0.3 is 5.32 Å². The lowest BCUT2D eigenvalue weighted by Gasteiger charge is -2.27. The molecule has 1 aromatic rings. The summed E-state index contributed by atoms with van der Waals surface area (Å²) in [5, 5.41) is 13.7. The number of benzene rings is 1. The van der Waals surface area contributed by atoms with Gasteiger partial charge in [0, 0.05) is 0 Å². The molecule has 1 unspecified atom stereocenters. The molecule has 0 saturated heterocycles. The summed E-state index contributed by atoms with van der Waals surface area (Å²) in [6.45, 7) is 7.34. The Morgan fingerprint density at radius 1 is 1.43 bits per heavy atom. The summed E-state index contributed by atoms with van der Waals surface area (Å²) in [4.78, 5) is 24.6. The van der Waals surface area contributed by atoms with E-state index in [2.05, 4.69) is 5.32 Å². The molecule has 0 heterocycles. The molecule has 1 atom stereocenters. The standard InChI is InChI=1S/C13H18ClN3O3.ClH/c1-4-16(5-2)9(3)15-13(18)10-7-6-8-11(14)12(10)17(19)20;/h6-9H,4-5H2,1-3H3,(H,15,18);1H. The predicted octanol–water partition coefficient (Wildman–Crippen LogP) is 3.09. The van der Waals surface area contributed by atoms with Gasteiger partial charge in [-0.3, -0.25) is 19.8 Å². The van der Waals surface area contributed by atoms with E-state index in [1.54, 1.807) is 0 Å². The number of carbonyl (C=O) groups excluding carboxylic acids is 1. The molecule has 0 saturated carbocycles. The molecule has 1 aromatic carbocycles. The highest BCUT2D eigenvalue weighted by molar-refractivity contribution is 6.33. The minimum absolute atomic E-state index is 0. The normalized spacial score (nSPS) is 11.7. The fourth-order valence-corrected chi connectivity index (χ4v) is 2.26. The summed E-state index contributed by atoms with van der Waals surface area (Å²) in [5.41, 5.74) is -0.389. The van der Waals surface area contributed by atoms with E-state index in [4.69, 9.17) is 11.6 Å². The van der Waals surface area contributed by atoms with Gasteiger partial charge >= 0.3 is 5.69 Å². The van der Waals surface area contributed by atoms with Crippen LogP contribution in [0, 0.1) is 10.1 Å². The van der Waals surface area contributed by atoms with Crippen LogP contribution in [0.25, 0.3) is 0 Å². The van der Waals surface area contributed by atoms with E-state index in [-0.39, 0.29) is 34.8 Å². The lowest BCUT2D eigenvalue weighted by Crippen LogP contribution is -2.46. The maximum Gasteiger partial charge on any atom is 0.300 e. The molecule has 0 aliphatic heterocycles. The van der Waals surface area contributed by atoms with Gasteiger partial charge in [0.05, 0.1) is 11.1 Å². The van der Waals surface area contributed by atoms with Crippen molar-refractivity contribution in [3.8, 4) is 0 Å². The molecule has 0 aliphatic rings. The van der Waals surface area contributed by atoms with Gasteiger partial charge in [0.25, 0.3) is 5.91 Å². The van der Waals surface area contributed by atoms with Crippen molar-refractivity contribution in [3.05, 3.63) is 38.9 Å². The summed E-state index contributed by atoms with van der Waals surface area (Å²) in [6, 6.07) is 4.31. The molecule has 0 bridgehead atoms. The molecule has 6 nitrogen and oxygen atoms in total. The van der Waals surface area contributed by atoms with Crippen LogP contribution in [-0.4, -0.2) is 35.0 Å². The lowest BCUT2D eigenvalue weighted by atomic mass is 10.1. The second-order valence-electron chi connectivity index (χ2n) is 4.26. The van der Waals surface area contributed by atoms with Crippen molar-refractivity contribution in [2.45, 2.75) is 26.9 Å². The number of hydrogen-bond donors (Lipinski definition) is 1. The molecule has 0 aliphatic carbocycles. The first kappa shape index (κ1) is 19.6. The van der Waals surface area contributed by atoms with Crippen molar-refractivity contribution in [2.75, 3.05) is 13.1 Å². The molecular weight excluding hydrogens is 317 g/mol. The largest absolute Gasteiger partial charge is 0.337 e. The SMILES string of the molecule is CCN(CC)C(C)NC(=O)c1cccc(Cl)c1[N+](=O)[O-].Cl. The number of amides is 1. The molecule has 21 heavy (non-hydrogen) atoms. The molecule has 0 radical (unpaired) electrons. The Hall–Kier alpha value is -1.37. The van der Waals surface area contributed by atoms with E-state index < -0.39 is 10.8 Å². The summed E-state index contributed by atoms with van der Waals surface area (Å²) in [6.07, 6.45) is -0.212. The number of halogens is 2. The first-order chi connectivity index (χ1) is 9.42. The van der Waals surface area contributed by atoms with Gasteiger partial charge in [-0.15, -0.1) is 12.4 Å². The van der Waals surface area contributed by atoms with Crippen LogP contribution in [0.2, 0.25) is 5.02 Å². The molecule has 8 heteroatoms. The molecular formula is C13H19Cl2N3O3. The van der Waals surface area contributed by atoms with Crippen LogP contribution < -0.4 is 5.32 Å². The van der Waals surface area contributed by atoms with Crippen molar-refractivity contribution in [1.29, 1.82) is 0 Å². The molecule has 0 fully saturated rings. The van der Waals surface area contributed by atoms with Crippen LogP contribution in [-0.2, 0) is 0 Å².